The van der Waals surface area contributed by atoms with E-state index in [0.717, 1.165) is 19.3 Å². The molecule has 2 fully saturated rings. The summed E-state index contributed by atoms with van der Waals surface area (Å²) in [6.07, 6.45) is 5.20. The lowest BCUT2D eigenvalue weighted by atomic mass is 9.85. The van der Waals surface area contributed by atoms with Crippen LogP contribution in [0.5, 0.6) is 0 Å². The first-order valence-electron chi connectivity index (χ1n) is 7.75. The highest BCUT2D eigenvalue weighted by molar-refractivity contribution is 5.86. The minimum Gasteiger partial charge on any atom is -0.480 e. The smallest absolute Gasteiger partial charge is 0.373 e. The van der Waals surface area contributed by atoms with Gasteiger partial charge in [-0.15, -0.1) is 0 Å². The Bertz CT molecular complexity index is 567. The first-order valence-corrected chi connectivity index (χ1v) is 7.75. The summed E-state index contributed by atoms with van der Waals surface area (Å²) in [5, 5.41) is 9.49. The standard InChI is InChI=1S/C16H21NO5/c1-21-16(20)14-7-6-11(22-14)9-17-12-5-3-2-4-10(12)8-13(17)15(18)19/h6-7,10,12-13H,2-5,8-9H2,1H3,(H,18,19). The summed E-state index contributed by atoms with van der Waals surface area (Å²) < 4.78 is 10.1. The Morgan fingerprint density at radius 1 is 1.36 bits per heavy atom. The van der Waals surface area contributed by atoms with Crippen molar-refractivity contribution in [3.05, 3.63) is 23.7 Å². The van der Waals surface area contributed by atoms with Gasteiger partial charge in [0.1, 0.15) is 11.8 Å². The molecule has 0 bridgehead atoms. The van der Waals surface area contributed by atoms with Crippen molar-refractivity contribution >= 4 is 11.9 Å². The zero-order chi connectivity index (χ0) is 15.7. The molecule has 120 valence electrons. The quantitative estimate of drug-likeness (QED) is 0.860. The fourth-order valence-corrected chi connectivity index (χ4v) is 3.88. The lowest BCUT2D eigenvalue weighted by Crippen LogP contribution is -2.41. The van der Waals surface area contributed by atoms with Crippen LogP contribution in [0.15, 0.2) is 16.5 Å². The molecule has 0 amide bonds. The first kappa shape index (κ1) is 15.1. The number of ether oxygens (including phenoxy) is 1. The molecule has 1 saturated carbocycles. The average molecular weight is 307 g/mol. The Hall–Kier alpha value is -1.82. The second-order valence-electron chi connectivity index (χ2n) is 6.13. The fraction of sp³-hybridized carbons (Fsp3) is 0.625. The van der Waals surface area contributed by atoms with Gasteiger partial charge in [0.25, 0.3) is 0 Å². The van der Waals surface area contributed by atoms with E-state index >= 15 is 0 Å². The van der Waals surface area contributed by atoms with Gasteiger partial charge in [-0.25, -0.2) is 4.79 Å². The summed E-state index contributed by atoms with van der Waals surface area (Å²) in [5.41, 5.74) is 0. The number of methoxy groups -OCH3 is 1. The van der Waals surface area contributed by atoms with Gasteiger partial charge in [-0.1, -0.05) is 12.8 Å². The minimum absolute atomic E-state index is 0.156. The number of carbonyl (C=O) groups excluding carboxylic acids is 1. The molecule has 6 heteroatoms. The summed E-state index contributed by atoms with van der Waals surface area (Å²) in [6.45, 7) is 0.426. The third-order valence-corrected chi connectivity index (χ3v) is 4.89. The van der Waals surface area contributed by atoms with Crippen LogP contribution in [-0.4, -0.2) is 41.1 Å². The molecule has 1 aromatic rings. The molecule has 0 aromatic carbocycles. The predicted octanol–water partition coefficient (Wildman–Crippen LogP) is 2.28. The molecule has 6 nitrogen and oxygen atoms in total. The number of carbonyl (C=O) groups is 2. The summed E-state index contributed by atoms with van der Waals surface area (Å²) in [4.78, 5) is 25.0. The van der Waals surface area contributed by atoms with Gasteiger partial charge in [-0.2, -0.15) is 0 Å². The van der Waals surface area contributed by atoms with Crippen LogP contribution in [0.4, 0.5) is 0 Å². The average Bonchev–Trinajstić information content (AvgIpc) is 3.12. The highest BCUT2D eigenvalue weighted by atomic mass is 16.5. The first-order chi connectivity index (χ1) is 10.6. The van der Waals surface area contributed by atoms with Gasteiger partial charge in [-0.3, -0.25) is 9.69 Å². The van der Waals surface area contributed by atoms with Crippen LogP contribution in [0, 0.1) is 5.92 Å². The number of carboxylic acid groups (broad SMARTS) is 1. The molecule has 1 aliphatic heterocycles. The molecule has 3 unspecified atom stereocenters. The van der Waals surface area contributed by atoms with Gasteiger partial charge in [0, 0.05) is 6.04 Å². The van der Waals surface area contributed by atoms with E-state index in [-0.39, 0.29) is 5.76 Å². The number of hydrogen-bond donors (Lipinski definition) is 1. The Kier molecular flexibility index (Phi) is 4.20. The largest absolute Gasteiger partial charge is 0.480 e. The molecule has 3 atom stereocenters. The van der Waals surface area contributed by atoms with E-state index in [2.05, 4.69) is 4.74 Å². The summed E-state index contributed by atoms with van der Waals surface area (Å²) >= 11 is 0. The van der Waals surface area contributed by atoms with Crippen molar-refractivity contribution in [1.29, 1.82) is 0 Å². The number of furan rings is 1. The van der Waals surface area contributed by atoms with Crippen molar-refractivity contribution in [2.75, 3.05) is 7.11 Å². The molecule has 2 aliphatic rings. The van der Waals surface area contributed by atoms with Gasteiger partial charge in [0.05, 0.1) is 13.7 Å². The van der Waals surface area contributed by atoms with E-state index in [9.17, 15) is 14.7 Å². The van der Waals surface area contributed by atoms with Crippen LogP contribution in [-0.2, 0) is 16.1 Å². The van der Waals surface area contributed by atoms with Crippen molar-refractivity contribution in [2.24, 2.45) is 5.92 Å². The molecule has 1 N–H and O–H groups in total. The van der Waals surface area contributed by atoms with Gasteiger partial charge in [-0.05, 0) is 37.3 Å². The third kappa shape index (κ3) is 2.75. The summed E-state index contributed by atoms with van der Waals surface area (Å²) in [6, 6.07) is 3.15. The maximum absolute atomic E-state index is 11.6. The number of rotatable bonds is 4. The Balaban J connectivity index is 1.77. The lowest BCUT2D eigenvalue weighted by molar-refractivity contribution is -0.143. The van der Waals surface area contributed by atoms with Gasteiger partial charge < -0.3 is 14.3 Å². The molecule has 1 aromatic heterocycles. The number of fused-ring (bicyclic) bond motifs is 1. The number of hydrogen-bond acceptors (Lipinski definition) is 5. The van der Waals surface area contributed by atoms with Crippen LogP contribution < -0.4 is 0 Å². The van der Waals surface area contributed by atoms with Crippen LogP contribution in [0.1, 0.15) is 48.4 Å². The number of aliphatic carboxylic acids is 1. The molecule has 1 aliphatic carbocycles. The highest BCUT2D eigenvalue weighted by Gasteiger charge is 2.45. The van der Waals surface area contributed by atoms with Crippen molar-refractivity contribution in [3.8, 4) is 0 Å². The fourth-order valence-electron chi connectivity index (χ4n) is 3.88. The second-order valence-corrected chi connectivity index (χ2v) is 6.13. The zero-order valence-corrected chi connectivity index (χ0v) is 12.7. The maximum atomic E-state index is 11.6. The predicted molar refractivity (Wildman–Crippen MR) is 77.4 cm³/mol. The molecule has 0 radical (unpaired) electrons. The highest BCUT2D eigenvalue weighted by Crippen LogP contribution is 2.40. The van der Waals surface area contributed by atoms with Gasteiger partial charge in [0.15, 0.2) is 0 Å². The third-order valence-electron chi connectivity index (χ3n) is 4.89. The summed E-state index contributed by atoms with van der Waals surface area (Å²) in [7, 11) is 1.30. The maximum Gasteiger partial charge on any atom is 0.373 e. The molecule has 22 heavy (non-hydrogen) atoms. The Labute approximate surface area is 129 Å². The van der Waals surface area contributed by atoms with E-state index in [1.165, 1.54) is 13.5 Å². The van der Waals surface area contributed by atoms with Crippen molar-refractivity contribution in [1.82, 2.24) is 4.90 Å². The van der Waals surface area contributed by atoms with Crippen LogP contribution >= 0.6 is 0 Å². The SMILES string of the molecule is COC(=O)c1ccc(CN2C(C(=O)O)CC3CCCCC32)o1. The van der Waals surface area contributed by atoms with Crippen molar-refractivity contribution in [2.45, 2.75) is 50.7 Å². The van der Waals surface area contributed by atoms with Gasteiger partial charge >= 0.3 is 11.9 Å². The van der Waals surface area contributed by atoms with Crippen molar-refractivity contribution < 1.29 is 23.8 Å². The van der Waals surface area contributed by atoms with E-state index in [1.807, 2.05) is 4.90 Å². The molecular formula is C16H21NO5. The molecule has 2 heterocycles. The molecule has 1 saturated heterocycles. The normalized spacial score (nSPS) is 28.3. The summed E-state index contributed by atoms with van der Waals surface area (Å²) in [5.74, 6) is -0.0568. The Morgan fingerprint density at radius 2 is 2.14 bits per heavy atom. The molecular weight excluding hydrogens is 286 g/mol. The van der Waals surface area contributed by atoms with E-state index in [4.69, 9.17) is 4.42 Å². The minimum atomic E-state index is -0.769. The number of likely N-dealkylation sites (tertiary alicyclic amines) is 1. The second kappa shape index (κ2) is 6.12. The lowest BCUT2D eigenvalue weighted by Gasteiger charge is -2.32. The van der Waals surface area contributed by atoms with Crippen LogP contribution in [0.25, 0.3) is 0 Å². The number of esters is 1. The van der Waals surface area contributed by atoms with Crippen molar-refractivity contribution in [3.63, 3.8) is 0 Å². The van der Waals surface area contributed by atoms with E-state index in [1.54, 1.807) is 12.1 Å². The van der Waals surface area contributed by atoms with E-state index < -0.39 is 18.0 Å². The van der Waals surface area contributed by atoms with Gasteiger partial charge in [0.2, 0.25) is 5.76 Å². The van der Waals surface area contributed by atoms with Crippen LogP contribution in [0.2, 0.25) is 0 Å². The topological polar surface area (TPSA) is 80.0 Å². The van der Waals surface area contributed by atoms with Crippen LogP contribution in [0.3, 0.4) is 0 Å². The molecule has 3 rings (SSSR count). The monoisotopic (exact) mass is 307 g/mol. The Morgan fingerprint density at radius 3 is 2.86 bits per heavy atom. The zero-order valence-electron chi connectivity index (χ0n) is 12.7. The molecule has 0 spiro atoms. The van der Waals surface area contributed by atoms with E-state index in [0.29, 0.717) is 30.7 Å². The number of nitrogens with zero attached hydrogens (tertiary/aromatic N) is 1. The number of carboxylic acids is 1.